The van der Waals surface area contributed by atoms with Crippen LogP contribution in [0.1, 0.15) is 0 Å². The predicted molar refractivity (Wildman–Crippen MR) is 73.6 cm³/mol. The minimum absolute atomic E-state index is 0.144. The predicted octanol–water partition coefficient (Wildman–Crippen LogP) is 2.83. The van der Waals surface area contributed by atoms with Gasteiger partial charge in [0, 0.05) is 5.69 Å². The molecule has 0 aliphatic rings. The number of carbonyl (C=O) groups is 1. The first kappa shape index (κ1) is 16.0. The van der Waals surface area contributed by atoms with Crippen LogP contribution in [-0.4, -0.2) is 19.6 Å². The van der Waals surface area contributed by atoms with Gasteiger partial charge in [0.1, 0.15) is 5.82 Å². The van der Waals surface area contributed by atoms with Crippen LogP contribution in [0, 0.1) is 5.82 Å². The van der Waals surface area contributed by atoms with Crippen molar-refractivity contribution in [3.63, 3.8) is 0 Å². The highest BCUT2D eigenvalue weighted by atomic mass is 32.2. The standard InChI is InChI=1S/C14H10F3NO3S/c15-10-6-8-11(9-7-10)18-13(19)14(16,17)22(20,21)12-4-2-1-3-5-12/h1-9H,(H,18,19). The summed E-state index contributed by atoms with van der Waals surface area (Å²) in [5.41, 5.74) is -0.144. The average Bonchev–Trinajstić information content (AvgIpc) is 2.50. The highest BCUT2D eigenvalue weighted by molar-refractivity contribution is 7.93. The third-order valence-electron chi connectivity index (χ3n) is 2.76. The lowest BCUT2D eigenvalue weighted by Gasteiger charge is -2.16. The van der Waals surface area contributed by atoms with Crippen LogP contribution in [0.4, 0.5) is 18.9 Å². The highest BCUT2D eigenvalue weighted by Crippen LogP contribution is 2.30. The zero-order valence-corrected chi connectivity index (χ0v) is 11.8. The van der Waals surface area contributed by atoms with Crippen LogP contribution in [0.15, 0.2) is 59.5 Å². The van der Waals surface area contributed by atoms with Crippen molar-refractivity contribution in [1.82, 2.24) is 0 Å². The molecule has 0 aromatic heterocycles. The summed E-state index contributed by atoms with van der Waals surface area (Å²) in [5, 5.41) is -2.91. The number of benzene rings is 2. The van der Waals surface area contributed by atoms with E-state index in [0.717, 1.165) is 36.4 Å². The number of hydrogen-bond donors (Lipinski definition) is 1. The number of alkyl halides is 2. The van der Waals surface area contributed by atoms with Crippen LogP contribution in [0.5, 0.6) is 0 Å². The van der Waals surface area contributed by atoms with Gasteiger partial charge in [-0.2, -0.15) is 8.78 Å². The zero-order chi connectivity index (χ0) is 16.4. The van der Waals surface area contributed by atoms with Gasteiger partial charge in [-0.1, -0.05) is 18.2 Å². The van der Waals surface area contributed by atoms with Crippen LogP contribution in [0.3, 0.4) is 0 Å². The maximum Gasteiger partial charge on any atom is 0.426 e. The van der Waals surface area contributed by atoms with Crippen molar-refractivity contribution in [2.75, 3.05) is 5.32 Å². The van der Waals surface area contributed by atoms with Gasteiger partial charge in [0.2, 0.25) is 0 Å². The first-order valence-electron chi connectivity index (χ1n) is 5.99. The highest BCUT2D eigenvalue weighted by Gasteiger charge is 2.53. The zero-order valence-electron chi connectivity index (χ0n) is 11.0. The molecule has 2 aromatic carbocycles. The summed E-state index contributed by atoms with van der Waals surface area (Å²) in [7, 11) is -5.19. The molecule has 2 aromatic rings. The topological polar surface area (TPSA) is 63.2 Å². The number of hydrogen-bond acceptors (Lipinski definition) is 3. The monoisotopic (exact) mass is 329 g/mol. The molecule has 0 aliphatic carbocycles. The molecule has 2 rings (SSSR count). The fraction of sp³-hybridized carbons (Fsp3) is 0.0714. The maximum atomic E-state index is 14.0. The Morgan fingerprint density at radius 1 is 0.955 bits per heavy atom. The molecule has 0 atom stereocenters. The van der Waals surface area contributed by atoms with Crippen molar-refractivity contribution < 1.29 is 26.4 Å². The third-order valence-corrected chi connectivity index (χ3v) is 4.51. The van der Waals surface area contributed by atoms with Gasteiger partial charge in [-0.25, -0.2) is 12.8 Å². The minimum Gasteiger partial charge on any atom is -0.320 e. The van der Waals surface area contributed by atoms with Crippen molar-refractivity contribution in [2.24, 2.45) is 0 Å². The molecular weight excluding hydrogens is 319 g/mol. The number of halogens is 3. The molecule has 0 saturated carbocycles. The van der Waals surface area contributed by atoms with Crippen LogP contribution in [0.25, 0.3) is 0 Å². The van der Waals surface area contributed by atoms with E-state index in [1.54, 1.807) is 5.32 Å². The van der Waals surface area contributed by atoms with Crippen molar-refractivity contribution in [2.45, 2.75) is 10.2 Å². The molecule has 0 radical (unpaired) electrons. The Balaban J connectivity index is 2.29. The van der Waals surface area contributed by atoms with E-state index in [9.17, 15) is 26.4 Å². The van der Waals surface area contributed by atoms with Crippen LogP contribution in [0.2, 0.25) is 0 Å². The first-order valence-corrected chi connectivity index (χ1v) is 7.48. The lowest BCUT2D eigenvalue weighted by atomic mass is 10.3. The minimum atomic E-state index is -5.19. The molecule has 1 N–H and O–H groups in total. The summed E-state index contributed by atoms with van der Waals surface area (Å²) in [4.78, 5) is 10.9. The molecule has 1 amide bonds. The number of amides is 1. The molecule has 0 bridgehead atoms. The van der Waals surface area contributed by atoms with Gasteiger partial charge in [-0.15, -0.1) is 0 Å². The van der Waals surface area contributed by atoms with Crippen LogP contribution >= 0.6 is 0 Å². The maximum absolute atomic E-state index is 14.0. The summed E-state index contributed by atoms with van der Waals surface area (Å²) >= 11 is 0. The second-order valence-electron chi connectivity index (χ2n) is 4.29. The molecule has 0 spiro atoms. The summed E-state index contributed by atoms with van der Waals surface area (Å²) in [6.45, 7) is 0. The van der Waals surface area contributed by atoms with Gasteiger partial charge in [-0.3, -0.25) is 4.79 Å². The van der Waals surface area contributed by atoms with Crippen molar-refractivity contribution in [1.29, 1.82) is 0 Å². The number of rotatable bonds is 4. The van der Waals surface area contributed by atoms with E-state index in [4.69, 9.17) is 0 Å². The van der Waals surface area contributed by atoms with E-state index in [-0.39, 0.29) is 5.69 Å². The molecule has 0 aliphatic heterocycles. The summed E-state index contributed by atoms with van der Waals surface area (Å²) < 4.78 is 64.4. The molecule has 116 valence electrons. The van der Waals surface area contributed by atoms with Crippen molar-refractivity contribution >= 4 is 21.4 Å². The third kappa shape index (κ3) is 2.96. The SMILES string of the molecule is O=C(Nc1ccc(F)cc1)C(F)(F)S(=O)(=O)c1ccccc1. The van der Waals surface area contributed by atoms with Gasteiger partial charge >= 0.3 is 11.2 Å². The smallest absolute Gasteiger partial charge is 0.320 e. The number of anilines is 1. The molecule has 4 nitrogen and oxygen atoms in total. The van der Waals surface area contributed by atoms with Crippen LogP contribution in [-0.2, 0) is 14.6 Å². The van der Waals surface area contributed by atoms with E-state index in [1.807, 2.05) is 0 Å². The molecule has 0 heterocycles. The van der Waals surface area contributed by atoms with Crippen molar-refractivity contribution in [3.8, 4) is 0 Å². The van der Waals surface area contributed by atoms with Crippen molar-refractivity contribution in [3.05, 3.63) is 60.4 Å². The Kier molecular flexibility index (Phi) is 4.23. The first-order chi connectivity index (χ1) is 10.2. The van der Waals surface area contributed by atoms with E-state index in [2.05, 4.69) is 0 Å². The quantitative estimate of drug-likeness (QED) is 0.938. The van der Waals surface area contributed by atoms with Gasteiger partial charge < -0.3 is 5.32 Å². The van der Waals surface area contributed by atoms with E-state index in [1.165, 1.54) is 18.2 Å². The number of sulfone groups is 1. The Hall–Kier alpha value is -2.35. The van der Waals surface area contributed by atoms with Gasteiger partial charge in [0.25, 0.3) is 9.84 Å². The summed E-state index contributed by atoms with van der Waals surface area (Å²) in [5.74, 6) is -2.63. The number of carbonyl (C=O) groups excluding carboxylic acids is 1. The normalized spacial score (nSPS) is 12.0. The van der Waals surface area contributed by atoms with Gasteiger partial charge in [-0.05, 0) is 36.4 Å². The fourth-order valence-electron chi connectivity index (χ4n) is 1.61. The van der Waals surface area contributed by atoms with Gasteiger partial charge in [0.15, 0.2) is 0 Å². The Bertz CT molecular complexity index is 775. The van der Waals surface area contributed by atoms with E-state index >= 15 is 0 Å². The van der Waals surface area contributed by atoms with E-state index in [0.29, 0.717) is 0 Å². The molecule has 0 saturated heterocycles. The Labute approximate surface area is 124 Å². The van der Waals surface area contributed by atoms with Crippen LogP contribution < -0.4 is 5.32 Å². The second-order valence-corrected chi connectivity index (χ2v) is 6.29. The molecule has 22 heavy (non-hydrogen) atoms. The Morgan fingerprint density at radius 2 is 1.50 bits per heavy atom. The lowest BCUT2D eigenvalue weighted by molar-refractivity contribution is -0.129. The molecule has 8 heteroatoms. The molecular formula is C14H10F3NO3S. The fourth-order valence-corrected chi connectivity index (χ4v) is 2.71. The van der Waals surface area contributed by atoms with E-state index < -0.39 is 31.7 Å². The largest absolute Gasteiger partial charge is 0.426 e. The number of nitrogens with one attached hydrogen (secondary N) is 1. The molecule has 0 unspecified atom stereocenters. The summed E-state index contributed by atoms with van der Waals surface area (Å²) in [6.07, 6.45) is 0. The lowest BCUT2D eigenvalue weighted by Crippen LogP contribution is -2.42. The molecule has 0 fully saturated rings. The second kappa shape index (κ2) is 5.80. The Morgan fingerprint density at radius 3 is 2.05 bits per heavy atom. The van der Waals surface area contributed by atoms with Gasteiger partial charge in [0.05, 0.1) is 4.90 Å². The average molecular weight is 329 g/mol. The summed E-state index contributed by atoms with van der Waals surface area (Å²) in [6, 6.07) is 9.88.